The lowest BCUT2D eigenvalue weighted by Gasteiger charge is -2.31. The van der Waals surface area contributed by atoms with E-state index in [0.717, 1.165) is 51.2 Å². The second-order valence-electron chi connectivity index (χ2n) is 6.08. The summed E-state index contributed by atoms with van der Waals surface area (Å²) in [5.74, 6) is 0. The molecule has 2 heteroatoms. The molecule has 2 nitrogen and oxygen atoms in total. The lowest BCUT2D eigenvalue weighted by molar-refractivity contribution is -0.117. The van der Waals surface area contributed by atoms with Crippen molar-refractivity contribution in [3.63, 3.8) is 0 Å². The number of aliphatic hydroxyl groups is 1. The number of aldehydes is 1. The summed E-state index contributed by atoms with van der Waals surface area (Å²) in [6, 6.07) is 0. The van der Waals surface area contributed by atoms with Gasteiger partial charge in [-0.25, -0.2) is 0 Å². The average Bonchev–Trinajstić information content (AvgIpc) is 2.27. The molecule has 0 aromatic carbocycles. The minimum atomic E-state index is -0.568. The normalized spacial score (nSPS) is 25.5. The lowest BCUT2D eigenvalue weighted by atomic mass is 9.72. The third-order valence-corrected chi connectivity index (χ3v) is 3.89. The van der Waals surface area contributed by atoms with Gasteiger partial charge in [0.15, 0.2) is 0 Å². The predicted octanol–water partition coefficient (Wildman–Crippen LogP) is 3.63. The van der Waals surface area contributed by atoms with Gasteiger partial charge in [-0.1, -0.05) is 18.6 Å². The second-order valence-corrected chi connectivity index (χ2v) is 6.08. The van der Waals surface area contributed by atoms with Crippen molar-refractivity contribution in [1.29, 1.82) is 0 Å². The maximum atomic E-state index is 11.2. The van der Waals surface area contributed by atoms with Crippen LogP contribution in [0.3, 0.4) is 0 Å². The van der Waals surface area contributed by atoms with Crippen LogP contribution in [0.15, 0.2) is 11.6 Å². The monoisotopic (exact) mass is 238 g/mol. The predicted molar refractivity (Wildman–Crippen MR) is 70.9 cm³/mol. The van der Waals surface area contributed by atoms with Crippen LogP contribution in [0.5, 0.6) is 0 Å². The van der Waals surface area contributed by atoms with Crippen LogP contribution in [0, 0.1) is 5.41 Å². The number of carbonyl (C=O) groups is 1. The molecule has 0 aromatic rings. The molecule has 1 unspecified atom stereocenters. The first kappa shape index (κ1) is 14.4. The Morgan fingerprint density at radius 1 is 1.53 bits per heavy atom. The van der Waals surface area contributed by atoms with Crippen LogP contribution in [-0.4, -0.2) is 17.0 Å². The molecule has 0 radical (unpaired) electrons. The van der Waals surface area contributed by atoms with Crippen molar-refractivity contribution in [2.45, 2.75) is 71.3 Å². The molecule has 1 aliphatic rings. The SMILES string of the molecule is CCC1(C=O)CCC=C(CCCC(C)(C)O)C1. The molecule has 0 aliphatic heterocycles. The molecular formula is C15H26O2. The van der Waals surface area contributed by atoms with E-state index in [1.807, 2.05) is 13.8 Å². The molecule has 0 spiro atoms. The zero-order valence-electron chi connectivity index (χ0n) is 11.5. The van der Waals surface area contributed by atoms with Gasteiger partial charge in [-0.05, 0) is 58.8 Å². The maximum Gasteiger partial charge on any atom is 0.126 e. The first-order chi connectivity index (χ1) is 7.91. The number of allylic oxidation sites excluding steroid dienone is 2. The van der Waals surface area contributed by atoms with Gasteiger partial charge in [-0.15, -0.1) is 0 Å². The van der Waals surface area contributed by atoms with Crippen LogP contribution in [0.25, 0.3) is 0 Å². The summed E-state index contributed by atoms with van der Waals surface area (Å²) in [5.41, 5.74) is 0.745. The van der Waals surface area contributed by atoms with E-state index in [1.54, 1.807) is 0 Å². The fourth-order valence-electron chi connectivity index (χ4n) is 2.60. The van der Waals surface area contributed by atoms with Crippen LogP contribution in [0.1, 0.15) is 65.7 Å². The topological polar surface area (TPSA) is 37.3 Å². The van der Waals surface area contributed by atoms with Gasteiger partial charge in [0.1, 0.15) is 6.29 Å². The van der Waals surface area contributed by atoms with E-state index >= 15 is 0 Å². The highest BCUT2D eigenvalue weighted by molar-refractivity contribution is 5.60. The summed E-state index contributed by atoms with van der Waals surface area (Å²) in [7, 11) is 0. The smallest absolute Gasteiger partial charge is 0.126 e. The molecule has 0 saturated heterocycles. The first-order valence-electron chi connectivity index (χ1n) is 6.77. The Balaban J connectivity index is 2.45. The molecule has 17 heavy (non-hydrogen) atoms. The zero-order chi connectivity index (χ0) is 12.9. The van der Waals surface area contributed by atoms with Gasteiger partial charge < -0.3 is 9.90 Å². The zero-order valence-corrected chi connectivity index (χ0v) is 11.5. The minimum Gasteiger partial charge on any atom is -0.390 e. The number of hydrogen-bond donors (Lipinski definition) is 1. The van der Waals surface area contributed by atoms with Crippen LogP contribution >= 0.6 is 0 Å². The summed E-state index contributed by atoms with van der Waals surface area (Å²) >= 11 is 0. The summed E-state index contributed by atoms with van der Waals surface area (Å²) in [4.78, 5) is 11.2. The number of hydrogen-bond acceptors (Lipinski definition) is 2. The van der Waals surface area contributed by atoms with Crippen LogP contribution in [0.4, 0.5) is 0 Å². The van der Waals surface area contributed by atoms with Crippen LogP contribution < -0.4 is 0 Å². The molecule has 1 N–H and O–H groups in total. The van der Waals surface area contributed by atoms with Crippen LogP contribution in [-0.2, 0) is 4.79 Å². The molecular weight excluding hydrogens is 212 g/mol. The van der Waals surface area contributed by atoms with Gasteiger partial charge in [0.2, 0.25) is 0 Å². The molecule has 1 aliphatic carbocycles. The van der Waals surface area contributed by atoms with Crippen molar-refractivity contribution in [1.82, 2.24) is 0 Å². The average molecular weight is 238 g/mol. The minimum absolute atomic E-state index is 0.0984. The van der Waals surface area contributed by atoms with Crippen molar-refractivity contribution in [2.24, 2.45) is 5.41 Å². The molecule has 0 aromatic heterocycles. The van der Waals surface area contributed by atoms with Crippen LogP contribution in [0.2, 0.25) is 0 Å². The summed E-state index contributed by atoms with van der Waals surface area (Å²) in [6.45, 7) is 5.81. The largest absolute Gasteiger partial charge is 0.390 e. The Morgan fingerprint density at radius 3 is 2.76 bits per heavy atom. The van der Waals surface area contributed by atoms with E-state index in [-0.39, 0.29) is 5.41 Å². The van der Waals surface area contributed by atoms with E-state index < -0.39 is 5.60 Å². The van der Waals surface area contributed by atoms with Crippen molar-refractivity contribution in [3.05, 3.63) is 11.6 Å². The van der Waals surface area contributed by atoms with Gasteiger partial charge in [-0.2, -0.15) is 0 Å². The fraction of sp³-hybridized carbons (Fsp3) is 0.800. The number of carbonyl (C=O) groups excluding carboxylic acids is 1. The van der Waals surface area contributed by atoms with E-state index in [2.05, 4.69) is 13.0 Å². The highest BCUT2D eigenvalue weighted by Gasteiger charge is 2.30. The van der Waals surface area contributed by atoms with Gasteiger partial charge in [0.05, 0.1) is 5.60 Å². The van der Waals surface area contributed by atoms with Gasteiger partial charge in [0, 0.05) is 5.41 Å². The van der Waals surface area contributed by atoms with E-state index in [9.17, 15) is 9.90 Å². The Morgan fingerprint density at radius 2 is 2.24 bits per heavy atom. The number of rotatable bonds is 6. The van der Waals surface area contributed by atoms with Crippen molar-refractivity contribution in [3.8, 4) is 0 Å². The Bertz CT molecular complexity index is 286. The summed E-state index contributed by atoms with van der Waals surface area (Å²) in [6.07, 6.45) is 10.2. The molecule has 0 heterocycles. The summed E-state index contributed by atoms with van der Waals surface area (Å²) < 4.78 is 0. The van der Waals surface area contributed by atoms with E-state index in [1.165, 1.54) is 5.57 Å². The summed E-state index contributed by atoms with van der Waals surface area (Å²) in [5, 5.41) is 9.67. The Kier molecular flexibility index (Phi) is 4.93. The molecule has 1 rings (SSSR count). The Labute approximate surface area is 105 Å². The highest BCUT2D eigenvalue weighted by Crippen LogP contribution is 2.39. The molecule has 0 fully saturated rings. The van der Waals surface area contributed by atoms with Gasteiger partial charge >= 0.3 is 0 Å². The first-order valence-corrected chi connectivity index (χ1v) is 6.77. The van der Waals surface area contributed by atoms with Gasteiger partial charge in [0.25, 0.3) is 0 Å². The maximum absolute atomic E-state index is 11.2. The molecule has 98 valence electrons. The third-order valence-electron chi connectivity index (χ3n) is 3.89. The van der Waals surface area contributed by atoms with Crippen molar-refractivity contribution in [2.75, 3.05) is 0 Å². The van der Waals surface area contributed by atoms with Gasteiger partial charge in [-0.3, -0.25) is 0 Å². The molecule has 0 amide bonds. The van der Waals surface area contributed by atoms with E-state index in [0.29, 0.717) is 0 Å². The highest BCUT2D eigenvalue weighted by atomic mass is 16.3. The Hall–Kier alpha value is -0.630. The quantitative estimate of drug-likeness (QED) is 0.566. The molecule has 0 saturated carbocycles. The fourth-order valence-corrected chi connectivity index (χ4v) is 2.60. The van der Waals surface area contributed by atoms with Crippen molar-refractivity contribution < 1.29 is 9.90 Å². The molecule has 1 atom stereocenters. The lowest BCUT2D eigenvalue weighted by Crippen LogP contribution is -2.25. The molecule has 0 bridgehead atoms. The second kappa shape index (κ2) is 5.81. The standard InChI is InChI=1S/C15H26O2/c1-4-15(12-16)10-6-8-13(11-15)7-5-9-14(2,3)17/h8,12,17H,4-7,9-11H2,1-3H3. The third kappa shape index (κ3) is 4.63. The van der Waals surface area contributed by atoms with E-state index in [4.69, 9.17) is 0 Å². The van der Waals surface area contributed by atoms with Crippen molar-refractivity contribution >= 4 is 6.29 Å².